The smallest absolute Gasteiger partial charge is 0.146 e. The maximum absolute atomic E-state index is 11.8. The molecule has 0 aromatic heterocycles. The fourth-order valence-corrected chi connectivity index (χ4v) is 2.36. The van der Waals surface area contributed by atoms with Crippen molar-refractivity contribution in [3.63, 3.8) is 0 Å². The predicted octanol–water partition coefficient (Wildman–Crippen LogP) is 2.07. The Balaban J connectivity index is 2.81. The monoisotopic (exact) mass is 210 g/mol. The van der Waals surface area contributed by atoms with Crippen LogP contribution in [0.25, 0.3) is 0 Å². The Morgan fingerprint density at radius 1 is 1.40 bits per heavy atom. The van der Waals surface area contributed by atoms with Gasteiger partial charge < -0.3 is 4.79 Å². The fourth-order valence-electron chi connectivity index (χ4n) is 2.36. The van der Waals surface area contributed by atoms with Gasteiger partial charge in [-0.2, -0.15) is 0 Å². The summed E-state index contributed by atoms with van der Waals surface area (Å²) in [5.74, 6) is 0.125. The first-order valence-electron chi connectivity index (χ1n) is 5.59. The molecule has 1 fully saturated rings. The Morgan fingerprint density at radius 3 is 2.47 bits per heavy atom. The summed E-state index contributed by atoms with van der Waals surface area (Å²) >= 11 is 0. The van der Waals surface area contributed by atoms with Crippen LogP contribution >= 0.6 is 0 Å². The Hall–Kier alpha value is -0.990. The zero-order valence-electron chi connectivity index (χ0n) is 9.47. The molecule has 0 bridgehead atoms. The first kappa shape index (κ1) is 12.1. The van der Waals surface area contributed by atoms with Gasteiger partial charge >= 0.3 is 0 Å². The second-order valence-electron chi connectivity index (χ2n) is 4.34. The highest BCUT2D eigenvalue weighted by Gasteiger charge is 2.46. The van der Waals surface area contributed by atoms with Crippen LogP contribution in [0.4, 0.5) is 0 Å². The number of carbonyl (C=O) groups is 3. The number of hydrogen-bond acceptors (Lipinski definition) is 3. The molecule has 0 radical (unpaired) electrons. The highest BCUT2D eigenvalue weighted by atomic mass is 16.2. The maximum Gasteiger partial charge on any atom is 0.146 e. The number of Topliss-reactive ketones (excluding diaryl/α,β-unsaturated/α-hetero) is 3. The van der Waals surface area contributed by atoms with Crippen LogP contribution in [0, 0.1) is 5.41 Å². The van der Waals surface area contributed by atoms with E-state index < -0.39 is 5.41 Å². The van der Waals surface area contributed by atoms with Crippen LogP contribution in [0.1, 0.15) is 52.4 Å². The average molecular weight is 210 g/mol. The number of carbonyl (C=O) groups excluding carboxylic acids is 3. The third-order valence-electron chi connectivity index (χ3n) is 3.30. The first-order chi connectivity index (χ1) is 7.03. The van der Waals surface area contributed by atoms with Crippen molar-refractivity contribution >= 4 is 17.3 Å². The molecule has 0 amide bonds. The minimum Gasteiger partial charge on any atom is -0.300 e. The maximum atomic E-state index is 11.8. The standard InChI is InChI=1S/C12H18O3/c1-3-10(14)12(8-6-9(2)13)7-4-5-11(12)15/h3-8H2,1-2H3. The van der Waals surface area contributed by atoms with Gasteiger partial charge in [0, 0.05) is 19.3 Å². The highest BCUT2D eigenvalue weighted by molar-refractivity contribution is 6.08. The molecule has 0 aromatic carbocycles. The van der Waals surface area contributed by atoms with Gasteiger partial charge in [-0.1, -0.05) is 6.92 Å². The van der Waals surface area contributed by atoms with E-state index in [0.29, 0.717) is 32.1 Å². The van der Waals surface area contributed by atoms with Crippen LogP contribution in [0.5, 0.6) is 0 Å². The molecule has 1 saturated carbocycles. The second kappa shape index (κ2) is 4.69. The van der Waals surface area contributed by atoms with Crippen LogP contribution in [0.2, 0.25) is 0 Å². The Morgan fingerprint density at radius 2 is 2.07 bits per heavy atom. The zero-order chi connectivity index (χ0) is 11.5. The van der Waals surface area contributed by atoms with Crippen molar-refractivity contribution in [3.8, 4) is 0 Å². The summed E-state index contributed by atoms with van der Waals surface area (Å²) in [5, 5.41) is 0. The van der Waals surface area contributed by atoms with Crippen molar-refractivity contribution in [2.24, 2.45) is 5.41 Å². The largest absolute Gasteiger partial charge is 0.300 e. The first-order valence-corrected chi connectivity index (χ1v) is 5.59. The van der Waals surface area contributed by atoms with Gasteiger partial charge in [0.1, 0.15) is 17.3 Å². The molecule has 0 heterocycles. The molecule has 0 aliphatic heterocycles. The minimum atomic E-state index is -0.805. The molecule has 1 rings (SSSR count). The Kier molecular flexibility index (Phi) is 3.77. The van der Waals surface area contributed by atoms with E-state index in [1.54, 1.807) is 6.92 Å². The minimum absolute atomic E-state index is 0.0197. The summed E-state index contributed by atoms with van der Waals surface area (Å²) in [7, 11) is 0. The normalized spacial score (nSPS) is 25.6. The molecule has 3 nitrogen and oxygen atoms in total. The lowest BCUT2D eigenvalue weighted by atomic mass is 9.75. The van der Waals surface area contributed by atoms with E-state index in [4.69, 9.17) is 0 Å². The van der Waals surface area contributed by atoms with Gasteiger partial charge in [0.2, 0.25) is 0 Å². The summed E-state index contributed by atoms with van der Waals surface area (Å²) in [6.45, 7) is 3.28. The molecule has 1 atom stereocenters. The lowest BCUT2D eigenvalue weighted by Gasteiger charge is -2.24. The molecular formula is C12H18O3. The molecule has 0 N–H and O–H groups in total. The third-order valence-corrected chi connectivity index (χ3v) is 3.30. The predicted molar refractivity (Wildman–Crippen MR) is 56.5 cm³/mol. The van der Waals surface area contributed by atoms with Gasteiger partial charge in [-0.3, -0.25) is 9.59 Å². The quantitative estimate of drug-likeness (QED) is 0.653. The van der Waals surface area contributed by atoms with Crippen molar-refractivity contribution in [2.75, 3.05) is 0 Å². The summed E-state index contributed by atoms with van der Waals surface area (Å²) < 4.78 is 0. The van der Waals surface area contributed by atoms with Gasteiger partial charge in [0.15, 0.2) is 0 Å². The van der Waals surface area contributed by atoms with Gasteiger partial charge in [0.05, 0.1) is 5.41 Å². The van der Waals surface area contributed by atoms with Crippen molar-refractivity contribution in [1.82, 2.24) is 0 Å². The van der Waals surface area contributed by atoms with E-state index in [0.717, 1.165) is 6.42 Å². The van der Waals surface area contributed by atoms with E-state index >= 15 is 0 Å². The van der Waals surface area contributed by atoms with Crippen molar-refractivity contribution < 1.29 is 14.4 Å². The molecule has 1 aliphatic carbocycles. The molecule has 0 spiro atoms. The molecule has 15 heavy (non-hydrogen) atoms. The van der Waals surface area contributed by atoms with E-state index in [1.165, 1.54) is 6.92 Å². The molecule has 1 unspecified atom stereocenters. The Bertz CT molecular complexity index is 293. The fraction of sp³-hybridized carbons (Fsp3) is 0.750. The van der Waals surface area contributed by atoms with Crippen LogP contribution in [-0.4, -0.2) is 17.3 Å². The van der Waals surface area contributed by atoms with Gasteiger partial charge in [0.25, 0.3) is 0 Å². The highest BCUT2D eigenvalue weighted by Crippen LogP contribution is 2.40. The van der Waals surface area contributed by atoms with Crippen molar-refractivity contribution in [2.45, 2.75) is 52.4 Å². The lowest BCUT2D eigenvalue weighted by Crippen LogP contribution is -2.35. The average Bonchev–Trinajstić information content (AvgIpc) is 2.57. The van der Waals surface area contributed by atoms with Gasteiger partial charge in [-0.05, 0) is 26.2 Å². The molecular weight excluding hydrogens is 192 g/mol. The molecule has 0 aromatic rings. The molecule has 1 aliphatic rings. The molecule has 3 heteroatoms. The van der Waals surface area contributed by atoms with E-state index in [-0.39, 0.29) is 17.3 Å². The van der Waals surface area contributed by atoms with Crippen LogP contribution in [-0.2, 0) is 14.4 Å². The summed E-state index contributed by atoms with van der Waals surface area (Å²) in [6, 6.07) is 0. The van der Waals surface area contributed by atoms with E-state index in [2.05, 4.69) is 0 Å². The van der Waals surface area contributed by atoms with Crippen LogP contribution < -0.4 is 0 Å². The van der Waals surface area contributed by atoms with Gasteiger partial charge in [-0.25, -0.2) is 0 Å². The van der Waals surface area contributed by atoms with Gasteiger partial charge in [-0.15, -0.1) is 0 Å². The summed E-state index contributed by atoms with van der Waals surface area (Å²) in [4.78, 5) is 34.5. The molecule has 84 valence electrons. The third kappa shape index (κ3) is 2.33. The van der Waals surface area contributed by atoms with E-state index in [1.807, 2.05) is 0 Å². The summed E-state index contributed by atoms with van der Waals surface area (Å²) in [6.07, 6.45) is 3.10. The van der Waals surface area contributed by atoms with Crippen molar-refractivity contribution in [3.05, 3.63) is 0 Å². The molecule has 0 saturated heterocycles. The SMILES string of the molecule is CCC(=O)C1(CCC(C)=O)CCCC1=O. The number of rotatable bonds is 5. The Labute approximate surface area is 90.2 Å². The van der Waals surface area contributed by atoms with Crippen LogP contribution in [0.15, 0.2) is 0 Å². The van der Waals surface area contributed by atoms with Crippen molar-refractivity contribution in [1.29, 1.82) is 0 Å². The second-order valence-corrected chi connectivity index (χ2v) is 4.34. The van der Waals surface area contributed by atoms with E-state index in [9.17, 15) is 14.4 Å². The topological polar surface area (TPSA) is 51.2 Å². The van der Waals surface area contributed by atoms with Crippen LogP contribution in [0.3, 0.4) is 0 Å². The zero-order valence-corrected chi connectivity index (χ0v) is 9.47. The lowest BCUT2D eigenvalue weighted by molar-refractivity contribution is -0.139. The summed E-state index contributed by atoms with van der Waals surface area (Å²) in [5.41, 5.74) is -0.805. The number of hydrogen-bond donors (Lipinski definition) is 0. The number of ketones is 3.